The molecule has 4 nitrogen and oxygen atoms in total. The molecule has 0 spiro atoms. The van der Waals surface area contributed by atoms with Crippen molar-refractivity contribution in [3.05, 3.63) is 64.4 Å². The van der Waals surface area contributed by atoms with Crippen LogP contribution in [0.2, 0.25) is 0 Å². The van der Waals surface area contributed by atoms with Gasteiger partial charge in [-0.25, -0.2) is 4.98 Å². The molecule has 1 unspecified atom stereocenters. The maximum absolute atomic E-state index is 12.5. The number of para-hydroxylation sites is 2. The summed E-state index contributed by atoms with van der Waals surface area (Å²) in [5.74, 6) is 0.792. The molecule has 0 aliphatic carbocycles. The number of hydrogen-bond donors (Lipinski definition) is 1. The van der Waals surface area contributed by atoms with Crippen molar-refractivity contribution in [1.82, 2.24) is 14.9 Å². The number of carbonyl (C=O) groups excluding carboxylic acids is 1. The van der Waals surface area contributed by atoms with Crippen LogP contribution in [0.1, 0.15) is 42.5 Å². The second kappa shape index (κ2) is 7.18. The Balaban J connectivity index is 1.89. The fourth-order valence-corrected chi connectivity index (χ4v) is 3.26. The van der Waals surface area contributed by atoms with Gasteiger partial charge in [0.2, 0.25) is 0 Å². The largest absolute Gasteiger partial charge is 0.342 e. The van der Waals surface area contributed by atoms with Crippen LogP contribution in [0.15, 0.2) is 53.0 Å². The van der Waals surface area contributed by atoms with E-state index in [1.54, 1.807) is 0 Å². The number of nitrogens with one attached hydrogen (secondary N) is 1. The van der Waals surface area contributed by atoms with Crippen molar-refractivity contribution in [2.24, 2.45) is 0 Å². The summed E-state index contributed by atoms with van der Waals surface area (Å²) >= 11 is 3.40. The average Bonchev–Trinajstić information content (AvgIpc) is 2.94. The molecule has 24 heavy (non-hydrogen) atoms. The van der Waals surface area contributed by atoms with E-state index in [-0.39, 0.29) is 11.9 Å². The van der Waals surface area contributed by atoms with Gasteiger partial charge in [0, 0.05) is 16.6 Å². The highest BCUT2D eigenvalue weighted by Gasteiger charge is 2.18. The van der Waals surface area contributed by atoms with Crippen LogP contribution < -0.4 is 5.32 Å². The van der Waals surface area contributed by atoms with Gasteiger partial charge in [-0.1, -0.05) is 41.1 Å². The quantitative estimate of drug-likeness (QED) is 0.691. The molecular formula is C19H20BrN3O. The molecule has 0 aliphatic rings. The Labute approximate surface area is 150 Å². The van der Waals surface area contributed by atoms with Gasteiger partial charge in [-0.2, -0.15) is 0 Å². The van der Waals surface area contributed by atoms with Crippen molar-refractivity contribution in [3.8, 4) is 0 Å². The van der Waals surface area contributed by atoms with Gasteiger partial charge in [0.15, 0.2) is 0 Å². The molecule has 0 aliphatic heterocycles. The van der Waals surface area contributed by atoms with Crippen LogP contribution in [0, 0.1) is 0 Å². The Hall–Kier alpha value is -2.14. The standard InChI is InChI=1S/C19H20BrN3O/c1-3-11-23-17-10-5-4-9-16(17)22-18(23)13(2)21-19(24)14-7-6-8-15(20)12-14/h4-10,12-13H,3,11H2,1-2H3,(H,21,24). The van der Waals surface area contributed by atoms with Crippen molar-refractivity contribution in [1.29, 1.82) is 0 Å². The zero-order valence-electron chi connectivity index (χ0n) is 13.8. The monoisotopic (exact) mass is 385 g/mol. The minimum atomic E-state index is -0.171. The van der Waals surface area contributed by atoms with Gasteiger partial charge in [-0.3, -0.25) is 4.79 Å². The second-order valence-corrected chi connectivity index (χ2v) is 6.73. The molecule has 1 amide bonds. The highest BCUT2D eigenvalue weighted by Crippen LogP contribution is 2.22. The van der Waals surface area contributed by atoms with Crippen LogP contribution in [0.3, 0.4) is 0 Å². The summed E-state index contributed by atoms with van der Waals surface area (Å²) in [5.41, 5.74) is 2.71. The molecular weight excluding hydrogens is 366 g/mol. The third kappa shape index (κ3) is 3.36. The number of hydrogen-bond acceptors (Lipinski definition) is 2. The molecule has 2 aromatic carbocycles. The molecule has 0 fully saturated rings. The number of carbonyl (C=O) groups is 1. The van der Waals surface area contributed by atoms with E-state index >= 15 is 0 Å². The zero-order valence-corrected chi connectivity index (χ0v) is 15.4. The van der Waals surface area contributed by atoms with Crippen LogP contribution >= 0.6 is 15.9 Å². The summed E-state index contributed by atoms with van der Waals surface area (Å²) < 4.78 is 3.09. The number of aromatic nitrogens is 2. The van der Waals surface area contributed by atoms with Crippen LogP contribution in [-0.4, -0.2) is 15.5 Å². The Bertz CT molecular complexity index is 872. The third-order valence-electron chi connectivity index (χ3n) is 3.95. The maximum atomic E-state index is 12.5. The second-order valence-electron chi connectivity index (χ2n) is 5.82. The minimum Gasteiger partial charge on any atom is -0.342 e. The molecule has 3 aromatic rings. The molecule has 3 rings (SSSR count). The van der Waals surface area contributed by atoms with Gasteiger partial charge >= 0.3 is 0 Å². The number of benzene rings is 2. The fourth-order valence-electron chi connectivity index (χ4n) is 2.86. The van der Waals surface area contributed by atoms with Crippen molar-refractivity contribution >= 4 is 32.9 Å². The van der Waals surface area contributed by atoms with Gasteiger partial charge in [0.05, 0.1) is 17.1 Å². The van der Waals surface area contributed by atoms with Gasteiger partial charge in [-0.15, -0.1) is 0 Å². The lowest BCUT2D eigenvalue weighted by Gasteiger charge is -2.16. The maximum Gasteiger partial charge on any atom is 0.251 e. The molecule has 0 saturated carbocycles. The smallest absolute Gasteiger partial charge is 0.251 e. The van der Waals surface area contributed by atoms with Crippen LogP contribution in [0.25, 0.3) is 11.0 Å². The van der Waals surface area contributed by atoms with Crippen molar-refractivity contribution in [2.75, 3.05) is 0 Å². The molecule has 1 atom stereocenters. The summed E-state index contributed by atoms with van der Waals surface area (Å²) in [4.78, 5) is 17.2. The number of amides is 1. The van der Waals surface area contributed by atoms with Crippen LogP contribution in [-0.2, 0) is 6.54 Å². The van der Waals surface area contributed by atoms with Crippen molar-refractivity contribution in [3.63, 3.8) is 0 Å². The predicted octanol–water partition coefficient (Wildman–Crippen LogP) is 4.70. The molecule has 0 radical (unpaired) electrons. The van der Waals surface area contributed by atoms with Gasteiger partial charge in [-0.05, 0) is 43.7 Å². The van der Waals surface area contributed by atoms with E-state index in [0.717, 1.165) is 34.3 Å². The lowest BCUT2D eigenvalue weighted by molar-refractivity contribution is 0.0937. The summed E-state index contributed by atoms with van der Waals surface area (Å²) in [6.07, 6.45) is 1.01. The normalized spacial score (nSPS) is 12.3. The summed E-state index contributed by atoms with van der Waals surface area (Å²) in [6, 6.07) is 15.3. The lowest BCUT2D eigenvalue weighted by atomic mass is 10.2. The SMILES string of the molecule is CCCn1c(C(C)NC(=O)c2cccc(Br)c2)nc2ccccc21. The van der Waals surface area contributed by atoms with Gasteiger partial charge in [0.1, 0.15) is 5.82 Å². The first kappa shape index (κ1) is 16.7. The molecule has 0 saturated heterocycles. The first-order valence-electron chi connectivity index (χ1n) is 8.11. The Morgan fingerprint density at radius 3 is 2.79 bits per heavy atom. The summed E-state index contributed by atoms with van der Waals surface area (Å²) in [6.45, 7) is 5.00. The van der Waals surface area contributed by atoms with Crippen LogP contribution in [0.5, 0.6) is 0 Å². The first-order valence-corrected chi connectivity index (χ1v) is 8.91. The van der Waals surface area contributed by atoms with E-state index in [1.807, 2.05) is 49.4 Å². The van der Waals surface area contributed by atoms with E-state index in [0.29, 0.717) is 5.56 Å². The number of fused-ring (bicyclic) bond motifs is 1. The first-order chi connectivity index (χ1) is 11.6. The molecule has 1 N–H and O–H groups in total. The third-order valence-corrected chi connectivity index (χ3v) is 4.45. The van der Waals surface area contributed by atoms with Gasteiger partial charge < -0.3 is 9.88 Å². The number of imidazole rings is 1. The van der Waals surface area contributed by atoms with Gasteiger partial charge in [0.25, 0.3) is 5.91 Å². The summed E-state index contributed by atoms with van der Waals surface area (Å²) in [7, 11) is 0. The highest BCUT2D eigenvalue weighted by atomic mass is 79.9. The number of halogens is 1. The molecule has 5 heteroatoms. The number of rotatable bonds is 5. The van der Waals surface area contributed by atoms with Crippen molar-refractivity contribution in [2.45, 2.75) is 32.9 Å². The average molecular weight is 386 g/mol. The molecule has 1 aromatic heterocycles. The molecule has 124 valence electrons. The van der Waals surface area contributed by atoms with Crippen molar-refractivity contribution < 1.29 is 4.79 Å². The molecule has 0 bridgehead atoms. The van der Waals surface area contributed by atoms with E-state index in [4.69, 9.17) is 4.98 Å². The Kier molecular flexibility index (Phi) is 5.00. The number of nitrogens with zero attached hydrogens (tertiary/aromatic N) is 2. The minimum absolute atomic E-state index is 0.0982. The van der Waals surface area contributed by atoms with Crippen LogP contribution in [0.4, 0.5) is 0 Å². The highest BCUT2D eigenvalue weighted by molar-refractivity contribution is 9.10. The Morgan fingerprint density at radius 2 is 2.04 bits per heavy atom. The summed E-state index contributed by atoms with van der Waals surface area (Å²) in [5, 5.41) is 3.06. The van der Waals surface area contributed by atoms with E-state index in [2.05, 4.69) is 38.8 Å². The van der Waals surface area contributed by atoms with E-state index in [9.17, 15) is 4.79 Å². The topological polar surface area (TPSA) is 46.9 Å². The van der Waals surface area contributed by atoms with E-state index in [1.165, 1.54) is 0 Å². The fraction of sp³-hybridized carbons (Fsp3) is 0.263. The predicted molar refractivity (Wildman–Crippen MR) is 100 cm³/mol. The molecule has 1 heterocycles. The zero-order chi connectivity index (χ0) is 17.1. The number of aryl methyl sites for hydroxylation is 1. The Morgan fingerprint density at radius 1 is 1.25 bits per heavy atom. The lowest BCUT2D eigenvalue weighted by Crippen LogP contribution is -2.28. The van der Waals surface area contributed by atoms with E-state index < -0.39 is 0 Å².